The second kappa shape index (κ2) is 9.01. The van der Waals surface area contributed by atoms with Gasteiger partial charge in [0.15, 0.2) is 11.5 Å². The molecule has 0 bridgehead atoms. The average Bonchev–Trinajstić information content (AvgIpc) is 2.52. The molecule has 0 aliphatic heterocycles. The molecule has 0 saturated carbocycles. The standard InChI is InChI=1S/C17H19BrN2O3/c1-5-7-23-16-10-14(18)12(9-15(16)22-6-2)8-13(11-19)17(21)20(3)4/h5,8-10H,1,6-7H2,2-4H3/b13-8-. The summed E-state index contributed by atoms with van der Waals surface area (Å²) in [7, 11) is 3.20. The van der Waals surface area contributed by atoms with Crippen LogP contribution in [0.1, 0.15) is 12.5 Å². The van der Waals surface area contributed by atoms with Gasteiger partial charge >= 0.3 is 0 Å². The number of halogens is 1. The minimum atomic E-state index is -0.357. The van der Waals surface area contributed by atoms with Crippen molar-refractivity contribution in [3.05, 3.63) is 40.4 Å². The zero-order valence-corrected chi connectivity index (χ0v) is 15.0. The molecular formula is C17H19BrN2O3. The molecule has 1 aromatic carbocycles. The first-order chi connectivity index (χ1) is 10.9. The summed E-state index contributed by atoms with van der Waals surface area (Å²) >= 11 is 3.43. The van der Waals surface area contributed by atoms with Crippen LogP contribution in [0.3, 0.4) is 0 Å². The monoisotopic (exact) mass is 378 g/mol. The highest BCUT2D eigenvalue weighted by molar-refractivity contribution is 9.10. The number of hydrogen-bond donors (Lipinski definition) is 0. The molecule has 1 amide bonds. The maximum atomic E-state index is 12.0. The first-order valence-electron chi connectivity index (χ1n) is 6.98. The van der Waals surface area contributed by atoms with Gasteiger partial charge in [0.1, 0.15) is 18.2 Å². The Morgan fingerprint density at radius 2 is 2.04 bits per heavy atom. The van der Waals surface area contributed by atoms with Crippen molar-refractivity contribution in [2.24, 2.45) is 0 Å². The molecule has 0 saturated heterocycles. The maximum Gasteiger partial charge on any atom is 0.264 e. The van der Waals surface area contributed by atoms with Crippen molar-refractivity contribution in [1.29, 1.82) is 5.26 Å². The SMILES string of the molecule is C=CCOc1cc(Br)c(/C=C(/C#N)C(=O)N(C)C)cc1OCC. The topological polar surface area (TPSA) is 62.6 Å². The summed E-state index contributed by atoms with van der Waals surface area (Å²) in [6.45, 7) is 6.30. The fourth-order valence-electron chi connectivity index (χ4n) is 1.73. The summed E-state index contributed by atoms with van der Waals surface area (Å²) < 4.78 is 11.8. The smallest absolute Gasteiger partial charge is 0.264 e. The molecule has 0 aromatic heterocycles. The third-order valence-electron chi connectivity index (χ3n) is 2.78. The van der Waals surface area contributed by atoms with E-state index in [1.54, 1.807) is 32.3 Å². The van der Waals surface area contributed by atoms with Crippen molar-refractivity contribution in [2.75, 3.05) is 27.3 Å². The van der Waals surface area contributed by atoms with E-state index in [2.05, 4.69) is 22.5 Å². The van der Waals surface area contributed by atoms with Gasteiger partial charge in [-0.05, 0) is 30.7 Å². The Kier molecular flexibility index (Phi) is 7.36. The molecule has 5 nitrogen and oxygen atoms in total. The highest BCUT2D eigenvalue weighted by Gasteiger charge is 2.14. The Balaban J connectivity index is 3.31. The first kappa shape index (κ1) is 18.8. The lowest BCUT2D eigenvalue weighted by atomic mass is 10.1. The van der Waals surface area contributed by atoms with E-state index in [9.17, 15) is 10.1 Å². The normalized spacial score (nSPS) is 10.7. The predicted octanol–water partition coefficient (Wildman–Crippen LogP) is 3.41. The Morgan fingerprint density at radius 3 is 2.57 bits per heavy atom. The van der Waals surface area contributed by atoms with E-state index in [1.807, 2.05) is 13.0 Å². The van der Waals surface area contributed by atoms with Crippen molar-refractivity contribution in [1.82, 2.24) is 4.90 Å². The van der Waals surface area contributed by atoms with Gasteiger partial charge < -0.3 is 14.4 Å². The Hall–Kier alpha value is -2.26. The third-order valence-corrected chi connectivity index (χ3v) is 3.46. The highest BCUT2D eigenvalue weighted by Crippen LogP contribution is 2.35. The Morgan fingerprint density at radius 1 is 1.39 bits per heavy atom. The van der Waals surface area contributed by atoms with E-state index in [-0.39, 0.29) is 11.5 Å². The average molecular weight is 379 g/mol. The molecule has 0 atom stereocenters. The molecular weight excluding hydrogens is 360 g/mol. The Labute approximate surface area is 144 Å². The summed E-state index contributed by atoms with van der Waals surface area (Å²) in [5.41, 5.74) is 0.698. The molecule has 1 rings (SSSR count). The van der Waals surface area contributed by atoms with Crippen molar-refractivity contribution in [2.45, 2.75) is 6.92 Å². The van der Waals surface area contributed by atoms with Gasteiger partial charge in [-0.1, -0.05) is 28.6 Å². The number of amides is 1. The molecule has 0 aliphatic carbocycles. The number of hydrogen-bond acceptors (Lipinski definition) is 4. The fraction of sp³-hybridized carbons (Fsp3) is 0.294. The van der Waals surface area contributed by atoms with Crippen LogP contribution < -0.4 is 9.47 Å². The minimum absolute atomic E-state index is 0.0397. The number of benzene rings is 1. The van der Waals surface area contributed by atoms with Crippen LogP contribution in [0.5, 0.6) is 11.5 Å². The first-order valence-corrected chi connectivity index (χ1v) is 7.77. The van der Waals surface area contributed by atoms with Gasteiger partial charge in [0.05, 0.1) is 6.61 Å². The lowest BCUT2D eigenvalue weighted by Crippen LogP contribution is -2.22. The highest BCUT2D eigenvalue weighted by atomic mass is 79.9. The molecule has 0 N–H and O–H groups in total. The van der Waals surface area contributed by atoms with E-state index in [1.165, 1.54) is 11.0 Å². The molecule has 1 aromatic rings. The summed E-state index contributed by atoms with van der Waals surface area (Å²) in [6, 6.07) is 5.40. The number of nitriles is 1. The molecule has 0 heterocycles. The third kappa shape index (κ3) is 5.15. The quantitative estimate of drug-likeness (QED) is 0.414. The van der Waals surface area contributed by atoms with Crippen molar-refractivity contribution >= 4 is 27.9 Å². The van der Waals surface area contributed by atoms with Crippen LogP contribution in [-0.2, 0) is 4.79 Å². The lowest BCUT2D eigenvalue weighted by Gasteiger charge is -2.13. The van der Waals surface area contributed by atoms with E-state index < -0.39 is 0 Å². The van der Waals surface area contributed by atoms with E-state index >= 15 is 0 Å². The summed E-state index contributed by atoms with van der Waals surface area (Å²) in [5, 5.41) is 9.19. The molecule has 0 fully saturated rings. The van der Waals surface area contributed by atoms with E-state index in [0.717, 1.165) is 0 Å². The molecule has 23 heavy (non-hydrogen) atoms. The Bertz CT molecular complexity index is 661. The van der Waals surface area contributed by atoms with Crippen LogP contribution in [0, 0.1) is 11.3 Å². The summed E-state index contributed by atoms with van der Waals surface area (Å²) in [5.74, 6) is 0.746. The van der Waals surface area contributed by atoms with Gasteiger partial charge in [0, 0.05) is 18.6 Å². The maximum absolute atomic E-state index is 12.0. The van der Waals surface area contributed by atoms with Crippen molar-refractivity contribution in [3.8, 4) is 17.6 Å². The molecule has 0 spiro atoms. The second-order valence-corrected chi connectivity index (χ2v) is 5.58. The molecule has 0 radical (unpaired) electrons. The summed E-state index contributed by atoms with van der Waals surface area (Å²) in [4.78, 5) is 13.3. The van der Waals surface area contributed by atoms with Gasteiger partial charge in [-0.3, -0.25) is 4.79 Å². The van der Waals surface area contributed by atoms with E-state index in [0.29, 0.717) is 34.7 Å². The van der Waals surface area contributed by atoms with Crippen LogP contribution in [0.4, 0.5) is 0 Å². The summed E-state index contributed by atoms with van der Waals surface area (Å²) in [6.07, 6.45) is 3.16. The van der Waals surface area contributed by atoms with Crippen molar-refractivity contribution < 1.29 is 14.3 Å². The molecule has 122 valence electrons. The predicted molar refractivity (Wildman–Crippen MR) is 93.3 cm³/mol. The van der Waals surface area contributed by atoms with Crippen LogP contribution in [0.15, 0.2) is 34.8 Å². The van der Waals surface area contributed by atoms with Gasteiger partial charge in [0.25, 0.3) is 5.91 Å². The van der Waals surface area contributed by atoms with Crippen LogP contribution in [0.2, 0.25) is 0 Å². The second-order valence-electron chi connectivity index (χ2n) is 4.72. The van der Waals surface area contributed by atoms with Gasteiger partial charge in [-0.25, -0.2) is 0 Å². The number of ether oxygens (including phenoxy) is 2. The van der Waals surface area contributed by atoms with Crippen molar-refractivity contribution in [3.63, 3.8) is 0 Å². The fourth-order valence-corrected chi connectivity index (χ4v) is 2.17. The van der Waals surface area contributed by atoms with Gasteiger partial charge in [0.2, 0.25) is 0 Å². The van der Waals surface area contributed by atoms with Crippen LogP contribution in [-0.4, -0.2) is 38.1 Å². The number of carbonyl (C=O) groups excluding carboxylic acids is 1. The van der Waals surface area contributed by atoms with Crippen LogP contribution >= 0.6 is 15.9 Å². The molecule has 0 aliphatic rings. The largest absolute Gasteiger partial charge is 0.490 e. The lowest BCUT2D eigenvalue weighted by molar-refractivity contribution is -0.124. The van der Waals surface area contributed by atoms with Gasteiger partial charge in [-0.2, -0.15) is 5.26 Å². The van der Waals surface area contributed by atoms with Gasteiger partial charge in [-0.15, -0.1) is 0 Å². The number of likely N-dealkylation sites (N-methyl/N-ethyl adjacent to an activating group) is 1. The number of rotatable bonds is 7. The van der Waals surface area contributed by atoms with E-state index in [4.69, 9.17) is 9.47 Å². The number of carbonyl (C=O) groups is 1. The zero-order valence-electron chi connectivity index (χ0n) is 13.4. The minimum Gasteiger partial charge on any atom is -0.490 e. The zero-order chi connectivity index (χ0) is 17.4. The molecule has 0 unspecified atom stereocenters. The van der Waals surface area contributed by atoms with Crippen LogP contribution in [0.25, 0.3) is 6.08 Å². The number of nitrogens with zero attached hydrogens (tertiary/aromatic N) is 2. The molecule has 6 heteroatoms.